The second kappa shape index (κ2) is 7.39. The maximum absolute atomic E-state index is 12.7. The van der Waals surface area contributed by atoms with Gasteiger partial charge in [-0.25, -0.2) is 0 Å². The van der Waals surface area contributed by atoms with E-state index in [4.69, 9.17) is 0 Å². The lowest BCUT2D eigenvalue weighted by atomic mass is 10.0. The number of benzene rings is 2. The molecule has 25 heavy (non-hydrogen) atoms. The summed E-state index contributed by atoms with van der Waals surface area (Å²) in [6.45, 7) is 6.15. The Labute approximate surface area is 149 Å². The van der Waals surface area contributed by atoms with Gasteiger partial charge < -0.3 is 9.88 Å². The van der Waals surface area contributed by atoms with Crippen molar-refractivity contribution in [1.82, 2.24) is 4.57 Å². The third-order valence-corrected chi connectivity index (χ3v) is 4.45. The van der Waals surface area contributed by atoms with Gasteiger partial charge in [0, 0.05) is 18.1 Å². The quantitative estimate of drug-likeness (QED) is 0.698. The van der Waals surface area contributed by atoms with Crippen LogP contribution in [0.2, 0.25) is 0 Å². The minimum Gasteiger partial charge on any atom is -0.346 e. The van der Waals surface area contributed by atoms with E-state index in [2.05, 4.69) is 48.0 Å². The van der Waals surface area contributed by atoms with E-state index in [1.165, 1.54) is 11.1 Å². The number of aryl methyl sites for hydroxylation is 3. The van der Waals surface area contributed by atoms with E-state index >= 15 is 0 Å². The standard InChI is InChI=1S/C22H24N2O/c1-16-7-6-8-19(14-16)21(24-11-4-5-12-24)15-22(25)23-20-10-9-17(2)13-18(20)3/h4-14,21H,15H2,1-3H3,(H,23,25)/t21-/m0/s1. The lowest BCUT2D eigenvalue weighted by Crippen LogP contribution is -2.20. The van der Waals surface area contributed by atoms with Crippen LogP contribution in [0, 0.1) is 20.8 Å². The molecule has 3 heteroatoms. The van der Waals surface area contributed by atoms with Crippen molar-refractivity contribution in [3.8, 4) is 0 Å². The van der Waals surface area contributed by atoms with Crippen LogP contribution in [-0.2, 0) is 4.79 Å². The van der Waals surface area contributed by atoms with Crippen molar-refractivity contribution in [3.63, 3.8) is 0 Å². The molecular weight excluding hydrogens is 308 g/mol. The van der Waals surface area contributed by atoms with E-state index in [1.807, 2.05) is 49.6 Å². The number of aromatic nitrogens is 1. The Morgan fingerprint density at radius 1 is 0.960 bits per heavy atom. The Morgan fingerprint density at radius 3 is 2.36 bits per heavy atom. The van der Waals surface area contributed by atoms with Crippen molar-refractivity contribution in [3.05, 3.63) is 89.2 Å². The van der Waals surface area contributed by atoms with Gasteiger partial charge in [-0.05, 0) is 50.1 Å². The highest BCUT2D eigenvalue weighted by molar-refractivity contribution is 5.92. The molecule has 2 aromatic carbocycles. The SMILES string of the molecule is Cc1cccc([C@H](CC(=O)Nc2ccc(C)cc2C)n2cccc2)c1. The molecule has 1 N–H and O–H groups in total. The molecule has 1 atom stereocenters. The van der Waals surface area contributed by atoms with E-state index < -0.39 is 0 Å². The summed E-state index contributed by atoms with van der Waals surface area (Å²) >= 11 is 0. The van der Waals surface area contributed by atoms with Crippen LogP contribution >= 0.6 is 0 Å². The van der Waals surface area contributed by atoms with E-state index in [0.29, 0.717) is 6.42 Å². The molecule has 3 rings (SSSR count). The molecule has 3 aromatic rings. The summed E-state index contributed by atoms with van der Waals surface area (Å²) in [6, 6.07) is 18.4. The second-order valence-corrected chi connectivity index (χ2v) is 6.63. The maximum atomic E-state index is 12.7. The molecular formula is C22H24N2O. The first-order valence-electron chi connectivity index (χ1n) is 8.59. The minimum atomic E-state index is -0.0133. The second-order valence-electron chi connectivity index (χ2n) is 6.63. The summed E-state index contributed by atoms with van der Waals surface area (Å²) in [4.78, 5) is 12.7. The number of carbonyl (C=O) groups excluding carboxylic acids is 1. The van der Waals surface area contributed by atoms with Crippen molar-refractivity contribution >= 4 is 11.6 Å². The number of amides is 1. The third-order valence-electron chi connectivity index (χ3n) is 4.45. The van der Waals surface area contributed by atoms with Gasteiger partial charge in [-0.3, -0.25) is 4.79 Å². The number of rotatable bonds is 5. The summed E-state index contributed by atoms with van der Waals surface area (Å²) in [7, 11) is 0. The Morgan fingerprint density at radius 2 is 1.68 bits per heavy atom. The van der Waals surface area contributed by atoms with Crippen molar-refractivity contribution in [2.45, 2.75) is 33.2 Å². The van der Waals surface area contributed by atoms with Crippen LogP contribution in [-0.4, -0.2) is 10.5 Å². The van der Waals surface area contributed by atoms with Gasteiger partial charge in [0.25, 0.3) is 0 Å². The van der Waals surface area contributed by atoms with Gasteiger partial charge in [0.1, 0.15) is 0 Å². The highest BCUT2D eigenvalue weighted by atomic mass is 16.1. The first-order valence-corrected chi connectivity index (χ1v) is 8.59. The third kappa shape index (κ3) is 4.18. The van der Waals surface area contributed by atoms with E-state index in [1.54, 1.807) is 0 Å². The molecule has 0 radical (unpaired) electrons. The first-order chi connectivity index (χ1) is 12.0. The normalized spacial score (nSPS) is 12.0. The van der Waals surface area contributed by atoms with Gasteiger partial charge in [-0.15, -0.1) is 0 Å². The fourth-order valence-electron chi connectivity index (χ4n) is 3.16. The zero-order chi connectivity index (χ0) is 17.8. The van der Waals surface area contributed by atoms with Crippen molar-refractivity contribution in [2.75, 3.05) is 5.32 Å². The molecule has 0 aliphatic heterocycles. The molecule has 1 amide bonds. The number of nitrogens with zero attached hydrogens (tertiary/aromatic N) is 1. The van der Waals surface area contributed by atoms with Gasteiger partial charge in [-0.1, -0.05) is 47.5 Å². The van der Waals surface area contributed by atoms with Crippen molar-refractivity contribution in [2.24, 2.45) is 0 Å². The number of nitrogens with one attached hydrogen (secondary N) is 1. The average Bonchev–Trinajstić information content (AvgIpc) is 3.09. The van der Waals surface area contributed by atoms with E-state index in [-0.39, 0.29) is 11.9 Å². The zero-order valence-corrected chi connectivity index (χ0v) is 15.0. The number of hydrogen-bond acceptors (Lipinski definition) is 1. The summed E-state index contributed by atoms with van der Waals surface area (Å²) in [5.41, 5.74) is 5.50. The molecule has 128 valence electrons. The molecule has 0 fully saturated rings. The summed E-state index contributed by atoms with van der Waals surface area (Å²) in [5, 5.41) is 3.06. The summed E-state index contributed by atoms with van der Waals surface area (Å²) < 4.78 is 2.09. The molecule has 0 saturated carbocycles. The molecule has 0 aliphatic carbocycles. The molecule has 0 unspecified atom stereocenters. The fourth-order valence-corrected chi connectivity index (χ4v) is 3.16. The predicted molar refractivity (Wildman–Crippen MR) is 103 cm³/mol. The minimum absolute atomic E-state index is 0.0133. The zero-order valence-electron chi connectivity index (χ0n) is 15.0. The van der Waals surface area contributed by atoms with Gasteiger partial charge in [-0.2, -0.15) is 0 Å². The molecule has 0 saturated heterocycles. The van der Waals surface area contributed by atoms with Crippen molar-refractivity contribution < 1.29 is 4.79 Å². The maximum Gasteiger partial charge on any atom is 0.226 e. The molecule has 1 aromatic heterocycles. The number of carbonyl (C=O) groups is 1. The van der Waals surface area contributed by atoms with Crippen molar-refractivity contribution in [1.29, 1.82) is 0 Å². The Kier molecular flexibility index (Phi) is 5.03. The highest BCUT2D eigenvalue weighted by Crippen LogP contribution is 2.24. The van der Waals surface area contributed by atoms with Crippen LogP contribution in [0.1, 0.15) is 34.7 Å². The molecule has 0 bridgehead atoms. The highest BCUT2D eigenvalue weighted by Gasteiger charge is 2.18. The first kappa shape index (κ1) is 17.0. The van der Waals surface area contributed by atoms with Crippen LogP contribution in [0.15, 0.2) is 67.0 Å². The molecule has 1 heterocycles. The lowest BCUT2D eigenvalue weighted by Gasteiger charge is -2.20. The number of hydrogen-bond donors (Lipinski definition) is 1. The van der Waals surface area contributed by atoms with Gasteiger partial charge >= 0.3 is 0 Å². The Hall–Kier alpha value is -2.81. The van der Waals surface area contributed by atoms with Gasteiger partial charge in [0.2, 0.25) is 5.91 Å². The number of anilines is 1. The van der Waals surface area contributed by atoms with E-state index in [9.17, 15) is 4.79 Å². The smallest absolute Gasteiger partial charge is 0.226 e. The fraction of sp³-hybridized carbons (Fsp3) is 0.227. The average molecular weight is 332 g/mol. The van der Waals surface area contributed by atoms with Crippen LogP contribution in [0.5, 0.6) is 0 Å². The summed E-state index contributed by atoms with van der Waals surface area (Å²) in [6.07, 6.45) is 4.42. The van der Waals surface area contributed by atoms with Crippen LogP contribution in [0.4, 0.5) is 5.69 Å². The lowest BCUT2D eigenvalue weighted by molar-refractivity contribution is -0.116. The predicted octanol–water partition coefficient (Wildman–Crippen LogP) is 5.03. The Balaban J connectivity index is 1.82. The molecule has 0 spiro atoms. The van der Waals surface area contributed by atoms with Crippen LogP contribution in [0.3, 0.4) is 0 Å². The summed E-state index contributed by atoms with van der Waals surface area (Å²) in [5.74, 6) is 0.0205. The Bertz CT molecular complexity index is 865. The van der Waals surface area contributed by atoms with Crippen LogP contribution in [0.25, 0.3) is 0 Å². The van der Waals surface area contributed by atoms with Crippen LogP contribution < -0.4 is 5.32 Å². The topological polar surface area (TPSA) is 34.0 Å². The molecule has 0 aliphatic rings. The van der Waals surface area contributed by atoms with Gasteiger partial charge in [0.05, 0.1) is 12.5 Å². The molecule has 3 nitrogen and oxygen atoms in total. The monoisotopic (exact) mass is 332 g/mol. The largest absolute Gasteiger partial charge is 0.346 e. The van der Waals surface area contributed by atoms with Gasteiger partial charge in [0.15, 0.2) is 0 Å². The van der Waals surface area contributed by atoms with E-state index in [0.717, 1.165) is 16.8 Å².